The number of unbranched alkanes of at least 4 members (excludes halogenated alkanes) is 1. The Morgan fingerprint density at radius 3 is 2.84 bits per heavy atom. The zero-order valence-electron chi connectivity index (χ0n) is 11.9. The quantitative estimate of drug-likeness (QED) is 0.696. The van der Waals surface area contributed by atoms with E-state index in [4.69, 9.17) is 5.73 Å². The monoisotopic (exact) mass is 264 g/mol. The number of nitrogens with two attached hydrogens (primary N) is 1. The van der Waals surface area contributed by atoms with E-state index in [2.05, 4.69) is 10.4 Å². The fourth-order valence-electron chi connectivity index (χ4n) is 2.29. The summed E-state index contributed by atoms with van der Waals surface area (Å²) in [7, 11) is 0. The zero-order valence-corrected chi connectivity index (χ0v) is 11.9. The van der Waals surface area contributed by atoms with Crippen LogP contribution in [0.5, 0.6) is 0 Å². The molecule has 0 spiro atoms. The van der Waals surface area contributed by atoms with Gasteiger partial charge in [0.2, 0.25) is 5.91 Å². The molecule has 1 unspecified atom stereocenters. The molecule has 0 aliphatic heterocycles. The van der Waals surface area contributed by atoms with Gasteiger partial charge in [-0.05, 0) is 51.5 Å². The topological polar surface area (TPSA) is 72.9 Å². The van der Waals surface area contributed by atoms with Crippen molar-refractivity contribution in [3.63, 3.8) is 0 Å². The third-order valence-corrected chi connectivity index (χ3v) is 3.72. The molecule has 1 heterocycles. The number of rotatable bonds is 8. The third-order valence-electron chi connectivity index (χ3n) is 3.72. The van der Waals surface area contributed by atoms with Gasteiger partial charge in [-0.25, -0.2) is 0 Å². The SMILES string of the molecule is Cc1cnn(CCCCC(C)(NC2CC2)C(N)=O)c1. The van der Waals surface area contributed by atoms with Crippen LogP contribution in [0.4, 0.5) is 0 Å². The van der Waals surface area contributed by atoms with Crippen molar-refractivity contribution in [2.45, 2.75) is 64.1 Å². The summed E-state index contributed by atoms with van der Waals surface area (Å²) in [5, 5.41) is 7.63. The van der Waals surface area contributed by atoms with Crippen LogP contribution in [-0.4, -0.2) is 27.3 Å². The molecule has 1 fully saturated rings. The molecule has 0 bridgehead atoms. The Hall–Kier alpha value is -1.36. The van der Waals surface area contributed by atoms with E-state index in [0.717, 1.165) is 38.6 Å². The molecule has 1 amide bonds. The van der Waals surface area contributed by atoms with Crippen molar-refractivity contribution < 1.29 is 4.79 Å². The number of carbonyl (C=O) groups excluding carboxylic acids is 1. The molecule has 1 saturated carbocycles. The van der Waals surface area contributed by atoms with E-state index < -0.39 is 5.54 Å². The minimum atomic E-state index is -0.554. The Kier molecular flexibility index (Phi) is 4.24. The van der Waals surface area contributed by atoms with E-state index in [1.54, 1.807) is 0 Å². The minimum Gasteiger partial charge on any atom is -0.368 e. The van der Waals surface area contributed by atoms with Gasteiger partial charge in [0.1, 0.15) is 0 Å². The van der Waals surface area contributed by atoms with Gasteiger partial charge in [0, 0.05) is 18.8 Å². The second-order valence-corrected chi connectivity index (χ2v) is 5.85. The number of hydrogen-bond acceptors (Lipinski definition) is 3. The molecular formula is C14H24N4O. The van der Waals surface area contributed by atoms with Crippen LogP contribution < -0.4 is 11.1 Å². The van der Waals surface area contributed by atoms with Gasteiger partial charge >= 0.3 is 0 Å². The Labute approximate surface area is 114 Å². The van der Waals surface area contributed by atoms with Crippen LogP contribution in [0.15, 0.2) is 12.4 Å². The van der Waals surface area contributed by atoms with Gasteiger partial charge in [-0.15, -0.1) is 0 Å². The molecule has 5 heteroatoms. The summed E-state index contributed by atoms with van der Waals surface area (Å²) in [4.78, 5) is 11.6. The largest absolute Gasteiger partial charge is 0.368 e. The molecule has 0 aromatic carbocycles. The summed E-state index contributed by atoms with van der Waals surface area (Å²) in [5.74, 6) is -0.241. The van der Waals surface area contributed by atoms with E-state index in [-0.39, 0.29) is 5.91 Å². The highest BCUT2D eigenvalue weighted by atomic mass is 16.1. The van der Waals surface area contributed by atoms with Gasteiger partial charge in [-0.3, -0.25) is 9.48 Å². The lowest BCUT2D eigenvalue weighted by Gasteiger charge is -2.27. The molecule has 2 rings (SSSR count). The predicted octanol–water partition coefficient (Wildman–Crippen LogP) is 1.36. The molecule has 1 aromatic heterocycles. The number of aryl methyl sites for hydroxylation is 2. The molecule has 5 nitrogen and oxygen atoms in total. The lowest BCUT2D eigenvalue weighted by molar-refractivity contribution is -0.124. The number of hydrogen-bond donors (Lipinski definition) is 2. The molecule has 1 atom stereocenters. The second-order valence-electron chi connectivity index (χ2n) is 5.85. The number of primary amides is 1. The Bertz CT molecular complexity index is 438. The van der Waals surface area contributed by atoms with E-state index in [1.165, 1.54) is 5.56 Å². The predicted molar refractivity (Wildman–Crippen MR) is 74.6 cm³/mol. The number of nitrogens with zero attached hydrogens (tertiary/aromatic N) is 2. The normalized spacial score (nSPS) is 18.2. The van der Waals surface area contributed by atoms with Crippen molar-refractivity contribution in [1.82, 2.24) is 15.1 Å². The molecule has 0 saturated heterocycles. The van der Waals surface area contributed by atoms with E-state index >= 15 is 0 Å². The fraction of sp³-hybridized carbons (Fsp3) is 0.714. The Morgan fingerprint density at radius 2 is 2.32 bits per heavy atom. The van der Waals surface area contributed by atoms with Crippen molar-refractivity contribution in [3.8, 4) is 0 Å². The maximum Gasteiger partial charge on any atom is 0.237 e. The summed E-state index contributed by atoms with van der Waals surface area (Å²) in [6.45, 7) is 4.85. The maximum absolute atomic E-state index is 11.6. The van der Waals surface area contributed by atoms with E-state index in [9.17, 15) is 4.79 Å². The van der Waals surface area contributed by atoms with Crippen molar-refractivity contribution >= 4 is 5.91 Å². The smallest absolute Gasteiger partial charge is 0.237 e. The highest BCUT2D eigenvalue weighted by Gasteiger charge is 2.36. The van der Waals surface area contributed by atoms with Crippen LogP contribution in [0.3, 0.4) is 0 Å². The highest BCUT2D eigenvalue weighted by molar-refractivity contribution is 5.84. The van der Waals surface area contributed by atoms with Crippen LogP contribution >= 0.6 is 0 Å². The average Bonchev–Trinajstić information content (AvgIpc) is 3.05. The third kappa shape index (κ3) is 4.06. The molecular weight excluding hydrogens is 240 g/mol. The summed E-state index contributed by atoms with van der Waals surface area (Å²) >= 11 is 0. The molecule has 3 N–H and O–H groups in total. The molecule has 1 aliphatic carbocycles. The van der Waals surface area contributed by atoms with Crippen molar-refractivity contribution in [2.24, 2.45) is 5.73 Å². The first-order valence-corrected chi connectivity index (χ1v) is 7.06. The van der Waals surface area contributed by atoms with Crippen LogP contribution in [-0.2, 0) is 11.3 Å². The standard InChI is InChI=1S/C14H24N4O/c1-11-9-16-18(10-11)8-4-3-7-14(2,13(15)19)17-12-5-6-12/h9-10,12,17H,3-8H2,1-2H3,(H2,15,19). The summed E-state index contributed by atoms with van der Waals surface area (Å²) in [6.07, 6.45) is 9.00. The lowest BCUT2D eigenvalue weighted by atomic mass is 9.93. The maximum atomic E-state index is 11.6. The van der Waals surface area contributed by atoms with Gasteiger partial charge in [0.25, 0.3) is 0 Å². The minimum absolute atomic E-state index is 0.241. The van der Waals surface area contributed by atoms with E-state index in [0.29, 0.717) is 6.04 Å². The second kappa shape index (κ2) is 5.74. The van der Waals surface area contributed by atoms with E-state index in [1.807, 2.05) is 30.9 Å². The molecule has 0 radical (unpaired) electrons. The van der Waals surface area contributed by atoms with Gasteiger partial charge in [-0.2, -0.15) is 5.10 Å². The number of carbonyl (C=O) groups is 1. The van der Waals surface area contributed by atoms with Crippen LogP contribution in [0, 0.1) is 6.92 Å². The van der Waals surface area contributed by atoms with Crippen molar-refractivity contribution in [3.05, 3.63) is 18.0 Å². The first-order chi connectivity index (χ1) is 8.99. The van der Waals surface area contributed by atoms with Gasteiger partial charge in [0.15, 0.2) is 0 Å². The number of amides is 1. The van der Waals surface area contributed by atoms with Crippen LogP contribution in [0.1, 0.15) is 44.6 Å². The lowest BCUT2D eigenvalue weighted by Crippen LogP contribution is -2.53. The van der Waals surface area contributed by atoms with Crippen LogP contribution in [0.2, 0.25) is 0 Å². The Balaban J connectivity index is 1.74. The van der Waals surface area contributed by atoms with Crippen molar-refractivity contribution in [1.29, 1.82) is 0 Å². The first-order valence-electron chi connectivity index (χ1n) is 7.06. The number of nitrogens with one attached hydrogen (secondary N) is 1. The average molecular weight is 264 g/mol. The Morgan fingerprint density at radius 1 is 1.58 bits per heavy atom. The number of aromatic nitrogens is 2. The van der Waals surface area contributed by atoms with Gasteiger partial charge in [-0.1, -0.05) is 0 Å². The zero-order chi connectivity index (χ0) is 13.9. The first kappa shape index (κ1) is 14.1. The fourth-order valence-corrected chi connectivity index (χ4v) is 2.29. The van der Waals surface area contributed by atoms with Gasteiger partial charge < -0.3 is 11.1 Å². The molecule has 1 aromatic rings. The van der Waals surface area contributed by atoms with Crippen LogP contribution in [0.25, 0.3) is 0 Å². The van der Waals surface area contributed by atoms with Gasteiger partial charge in [0.05, 0.1) is 11.7 Å². The molecule has 106 valence electrons. The summed E-state index contributed by atoms with van der Waals surface area (Å²) in [6, 6.07) is 0.492. The molecule has 1 aliphatic rings. The highest BCUT2D eigenvalue weighted by Crippen LogP contribution is 2.25. The summed E-state index contributed by atoms with van der Waals surface area (Å²) in [5.41, 5.74) is 6.15. The molecule has 19 heavy (non-hydrogen) atoms. The summed E-state index contributed by atoms with van der Waals surface area (Å²) < 4.78 is 1.95. The van der Waals surface area contributed by atoms with Crippen molar-refractivity contribution in [2.75, 3.05) is 0 Å².